The minimum absolute atomic E-state index is 0.0152. The second kappa shape index (κ2) is 18.6. The van der Waals surface area contributed by atoms with Gasteiger partial charge < -0.3 is 27.4 Å². The Morgan fingerprint density at radius 1 is 1.07 bits per heavy atom. The van der Waals surface area contributed by atoms with Crippen LogP contribution in [0.15, 0.2) is 4.99 Å². The molecule has 2 aliphatic heterocycles. The third-order valence-electron chi connectivity index (χ3n) is 8.96. The fourth-order valence-electron chi connectivity index (χ4n) is 6.69. The molecule has 0 radical (unpaired) electrons. The van der Waals surface area contributed by atoms with Crippen molar-refractivity contribution < 1.29 is 9.18 Å². The normalized spacial score (nSPS) is 25.3. The molecular weight excluding hydrogens is 529 g/mol. The smallest absolute Gasteiger partial charge is 0.228 e. The van der Waals surface area contributed by atoms with E-state index in [1.165, 1.54) is 19.1 Å². The summed E-state index contributed by atoms with van der Waals surface area (Å²) in [5, 5.41) is 9.74. The molecule has 40 heavy (non-hydrogen) atoms. The van der Waals surface area contributed by atoms with E-state index in [0.29, 0.717) is 19.5 Å². The standard InChI is InChI=1S/C30H59ClFN7O/c1-5-8-12-30(11-7-3,13-9-6-2)14-10-23(32)19-37-22(4)26(28(33)34)29(40)38-25-21-36-20-24(31)27(25)39-17-15-35-16-18-39/h19,22-28,35-36H,5-18,20-21,33-34H2,1-4H3,(H,38,40)/b37-19-. The van der Waals surface area contributed by atoms with E-state index in [-0.39, 0.29) is 28.8 Å². The Morgan fingerprint density at radius 2 is 1.73 bits per heavy atom. The van der Waals surface area contributed by atoms with Gasteiger partial charge in [-0.2, -0.15) is 0 Å². The van der Waals surface area contributed by atoms with Crippen molar-refractivity contribution in [2.75, 3.05) is 39.3 Å². The van der Waals surface area contributed by atoms with Crippen LogP contribution in [-0.2, 0) is 4.79 Å². The number of nitrogens with zero attached hydrogens (tertiary/aromatic N) is 2. The highest BCUT2D eigenvalue weighted by Gasteiger charge is 2.40. The summed E-state index contributed by atoms with van der Waals surface area (Å²) in [5.41, 5.74) is 12.4. The van der Waals surface area contributed by atoms with Gasteiger partial charge in [-0.15, -0.1) is 11.6 Å². The molecule has 10 heteroatoms. The van der Waals surface area contributed by atoms with Gasteiger partial charge >= 0.3 is 0 Å². The zero-order chi connectivity index (χ0) is 29.5. The van der Waals surface area contributed by atoms with Crippen molar-refractivity contribution in [2.24, 2.45) is 27.8 Å². The fourth-order valence-corrected chi connectivity index (χ4v) is 7.13. The zero-order valence-corrected chi connectivity index (χ0v) is 26.4. The van der Waals surface area contributed by atoms with E-state index in [1.807, 2.05) is 0 Å². The molecule has 0 aromatic heterocycles. The van der Waals surface area contributed by atoms with Gasteiger partial charge in [0.15, 0.2) is 0 Å². The molecule has 2 fully saturated rings. The number of halogens is 2. The molecule has 0 saturated carbocycles. The highest BCUT2D eigenvalue weighted by molar-refractivity contribution is 6.21. The van der Waals surface area contributed by atoms with Crippen LogP contribution >= 0.6 is 11.6 Å². The van der Waals surface area contributed by atoms with Gasteiger partial charge in [-0.05, 0) is 44.4 Å². The number of piperidine rings is 1. The lowest BCUT2D eigenvalue weighted by molar-refractivity contribution is -0.127. The Hall–Kier alpha value is -0.840. The quantitative estimate of drug-likeness (QED) is 0.0950. The number of alkyl halides is 2. The molecular formula is C30H59ClFN7O. The highest BCUT2D eigenvalue weighted by atomic mass is 35.5. The van der Waals surface area contributed by atoms with Crippen LogP contribution in [0, 0.1) is 11.3 Å². The van der Waals surface area contributed by atoms with Crippen LogP contribution in [0.5, 0.6) is 0 Å². The van der Waals surface area contributed by atoms with Crippen LogP contribution in [0.25, 0.3) is 0 Å². The van der Waals surface area contributed by atoms with Gasteiger partial charge in [-0.25, -0.2) is 4.39 Å². The number of carbonyl (C=O) groups is 1. The second-order valence-corrected chi connectivity index (χ2v) is 12.8. The predicted molar refractivity (Wildman–Crippen MR) is 167 cm³/mol. The van der Waals surface area contributed by atoms with Gasteiger partial charge in [0, 0.05) is 51.5 Å². The second-order valence-electron chi connectivity index (χ2n) is 12.2. The third-order valence-corrected chi connectivity index (χ3v) is 9.37. The van der Waals surface area contributed by atoms with Crippen molar-refractivity contribution >= 4 is 23.7 Å². The molecule has 6 atom stereocenters. The summed E-state index contributed by atoms with van der Waals surface area (Å²) in [6, 6.07) is -0.701. The first kappa shape index (κ1) is 35.4. The van der Waals surface area contributed by atoms with Crippen molar-refractivity contribution in [2.45, 2.75) is 128 Å². The van der Waals surface area contributed by atoms with E-state index in [9.17, 15) is 4.79 Å². The maximum Gasteiger partial charge on any atom is 0.228 e. The number of aliphatic imine (C=N–C) groups is 1. The van der Waals surface area contributed by atoms with Crippen molar-refractivity contribution in [1.29, 1.82) is 0 Å². The summed E-state index contributed by atoms with van der Waals surface area (Å²) in [5.74, 6) is -1.02. The fraction of sp³-hybridized carbons (Fsp3) is 0.933. The largest absolute Gasteiger partial charge is 0.350 e. The van der Waals surface area contributed by atoms with Crippen LogP contribution < -0.4 is 27.4 Å². The average Bonchev–Trinajstić information content (AvgIpc) is 2.93. The lowest BCUT2D eigenvalue weighted by atomic mass is 9.71. The number of piperazine rings is 1. The highest BCUT2D eigenvalue weighted by Crippen LogP contribution is 2.41. The summed E-state index contributed by atoms with van der Waals surface area (Å²) in [6.45, 7) is 13.4. The van der Waals surface area contributed by atoms with Gasteiger partial charge in [0.2, 0.25) is 5.91 Å². The maximum atomic E-state index is 15.2. The summed E-state index contributed by atoms with van der Waals surface area (Å²) in [7, 11) is 0. The summed E-state index contributed by atoms with van der Waals surface area (Å²) in [6.07, 6.45) is 9.92. The predicted octanol–water partition coefficient (Wildman–Crippen LogP) is 3.56. The summed E-state index contributed by atoms with van der Waals surface area (Å²) >= 11 is 6.73. The molecule has 1 amide bonds. The molecule has 234 valence electrons. The van der Waals surface area contributed by atoms with E-state index < -0.39 is 24.3 Å². The number of unbranched alkanes of at least 4 members (excludes halogenated alkanes) is 2. The van der Waals surface area contributed by atoms with Crippen LogP contribution in [0.2, 0.25) is 0 Å². The van der Waals surface area contributed by atoms with Crippen LogP contribution in [-0.4, -0.2) is 92.1 Å². The lowest BCUT2D eigenvalue weighted by Crippen LogP contribution is -2.67. The Balaban J connectivity index is 2.02. The van der Waals surface area contributed by atoms with Gasteiger partial charge in [-0.1, -0.05) is 52.9 Å². The molecule has 0 spiro atoms. The van der Waals surface area contributed by atoms with Crippen molar-refractivity contribution in [3.05, 3.63) is 0 Å². The minimum Gasteiger partial charge on any atom is -0.350 e. The number of nitrogens with one attached hydrogen (secondary N) is 3. The molecule has 0 bridgehead atoms. The first-order chi connectivity index (χ1) is 19.2. The molecule has 0 aromatic carbocycles. The molecule has 2 heterocycles. The van der Waals surface area contributed by atoms with E-state index in [4.69, 9.17) is 23.1 Å². The molecule has 2 saturated heterocycles. The molecule has 0 aromatic rings. The zero-order valence-electron chi connectivity index (χ0n) is 25.6. The SMILES string of the molecule is CCCCC(CCC)(CCCC)CCC(F)/C=N\C(C)C(C(=O)NC1CNCC(Cl)C1N1CCNCC1)C(N)N. The number of carbonyl (C=O) groups excluding carboxylic acids is 1. The molecule has 2 rings (SSSR count). The van der Waals surface area contributed by atoms with Gasteiger partial charge in [0.05, 0.1) is 29.5 Å². The van der Waals surface area contributed by atoms with Gasteiger partial charge in [-0.3, -0.25) is 14.7 Å². The summed E-state index contributed by atoms with van der Waals surface area (Å²) < 4.78 is 15.2. The lowest BCUT2D eigenvalue weighted by Gasteiger charge is -2.45. The monoisotopic (exact) mass is 587 g/mol. The van der Waals surface area contributed by atoms with Gasteiger partial charge in [0.25, 0.3) is 0 Å². The average molecular weight is 588 g/mol. The number of nitrogens with two attached hydrogens (primary N) is 2. The summed E-state index contributed by atoms with van der Waals surface area (Å²) in [4.78, 5) is 20.3. The molecule has 2 aliphatic rings. The molecule has 7 N–H and O–H groups in total. The molecule has 8 nitrogen and oxygen atoms in total. The van der Waals surface area contributed by atoms with Gasteiger partial charge in [0.1, 0.15) is 6.17 Å². The first-order valence-corrected chi connectivity index (χ1v) is 16.4. The van der Waals surface area contributed by atoms with Crippen LogP contribution in [0.1, 0.15) is 91.9 Å². The minimum atomic E-state index is -1.16. The van der Waals surface area contributed by atoms with Crippen LogP contribution in [0.4, 0.5) is 4.39 Å². The Kier molecular flexibility index (Phi) is 16.5. The number of hydrogen-bond acceptors (Lipinski definition) is 7. The number of hydrogen-bond donors (Lipinski definition) is 5. The van der Waals surface area contributed by atoms with E-state index in [2.05, 4.69) is 46.6 Å². The molecule has 6 unspecified atom stereocenters. The van der Waals surface area contributed by atoms with Crippen molar-refractivity contribution in [3.63, 3.8) is 0 Å². The van der Waals surface area contributed by atoms with Crippen LogP contribution in [0.3, 0.4) is 0 Å². The number of amides is 1. The first-order valence-electron chi connectivity index (χ1n) is 16.0. The Bertz CT molecular complexity index is 729. The molecule has 0 aliphatic carbocycles. The van der Waals surface area contributed by atoms with E-state index >= 15 is 4.39 Å². The Labute approximate surface area is 248 Å². The van der Waals surface area contributed by atoms with Crippen molar-refractivity contribution in [3.8, 4) is 0 Å². The Morgan fingerprint density at radius 3 is 2.30 bits per heavy atom. The topological polar surface area (TPSA) is 121 Å². The van der Waals surface area contributed by atoms with E-state index in [1.54, 1.807) is 6.92 Å². The maximum absolute atomic E-state index is 15.2. The number of rotatable bonds is 18. The van der Waals surface area contributed by atoms with Crippen molar-refractivity contribution in [1.82, 2.24) is 20.9 Å². The third kappa shape index (κ3) is 11.1. The van der Waals surface area contributed by atoms with E-state index in [0.717, 1.165) is 71.1 Å².